The molecule has 2 amide bonds. The minimum absolute atomic E-state index is 0.408. The monoisotopic (exact) mass is 428 g/mol. The lowest BCUT2D eigenvalue weighted by molar-refractivity contribution is -0.129. The lowest BCUT2D eigenvalue weighted by Gasteiger charge is -2.15. The second-order valence-corrected chi connectivity index (χ2v) is 6.76. The van der Waals surface area contributed by atoms with Gasteiger partial charge in [0.25, 0.3) is 0 Å². The highest BCUT2D eigenvalue weighted by Gasteiger charge is 2.17. The number of hydrogen-bond acceptors (Lipinski definition) is 3. The zero-order chi connectivity index (χ0) is 22.4. The molecule has 0 bridgehead atoms. The summed E-state index contributed by atoms with van der Waals surface area (Å²) in [6.07, 6.45) is 6.20. The van der Waals surface area contributed by atoms with Crippen LogP contribution in [0.2, 0.25) is 0 Å². The Hall–Kier alpha value is -3.88. The first-order chi connectivity index (χ1) is 14.8. The predicted molar refractivity (Wildman–Crippen MR) is 109 cm³/mol. The third-order valence-corrected chi connectivity index (χ3v) is 4.33. The van der Waals surface area contributed by atoms with E-state index in [-0.39, 0.29) is 0 Å². The molecule has 0 radical (unpaired) electrons. The van der Waals surface area contributed by atoms with Crippen molar-refractivity contribution in [1.29, 1.82) is 0 Å². The van der Waals surface area contributed by atoms with Crippen molar-refractivity contribution in [2.24, 2.45) is 0 Å². The number of benzene rings is 2. The molecule has 31 heavy (non-hydrogen) atoms. The fourth-order valence-corrected chi connectivity index (χ4v) is 2.72. The third-order valence-electron chi connectivity index (χ3n) is 4.33. The highest BCUT2D eigenvalue weighted by molar-refractivity contribution is 5.97. The van der Waals surface area contributed by atoms with Gasteiger partial charge in [-0.3, -0.25) is 14.3 Å². The molecule has 9 heteroatoms. The molecule has 0 aliphatic heterocycles. The van der Waals surface area contributed by atoms with Crippen LogP contribution in [0.5, 0.6) is 0 Å². The van der Waals surface area contributed by atoms with E-state index in [1.54, 1.807) is 23.2 Å². The Bertz CT molecular complexity index is 1110. The van der Waals surface area contributed by atoms with Crippen molar-refractivity contribution in [3.63, 3.8) is 0 Å². The summed E-state index contributed by atoms with van der Waals surface area (Å²) in [4.78, 5) is 25.3. The van der Waals surface area contributed by atoms with Gasteiger partial charge in [-0.2, -0.15) is 5.10 Å². The second kappa shape index (κ2) is 9.75. The summed E-state index contributed by atoms with van der Waals surface area (Å²) in [5, 5.41) is 6.35. The number of halogens is 3. The quantitative estimate of drug-likeness (QED) is 0.463. The molecule has 3 rings (SSSR count). The van der Waals surface area contributed by atoms with Crippen molar-refractivity contribution in [1.82, 2.24) is 14.7 Å². The molecule has 2 aromatic carbocycles. The van der Waals surface area contributed by atoms with Crippen LogP contribution in [0.3, 0.4) is 0 Å². The van der Waals surface area contributed by atoms with Crippen LogP contribution in [-0.4, -0.2) is 40.1 Å². The van der Waals surface area contributed by atoms with E-state index in [0.717, 1.165) is 16.5 Å². The van der Waals surface area contributed by atoms with Crippen molar-refractivity contribution in [3.8, 4) is 0 Å². The Morgan fingerprint density at radius 1 is 1.10 bits per heavy atom. The molecule has 0 fully saturated rings. The summed E-state index contributed by atoms with van der Waals surface area (Å²) < 4.78 is 41.6. The molecular weight excluding hydrogens is 409 g/mol. The van der Waals surface area contributed by atoms with Crippen LogP contribution < -0.4 is 5.32 Å². The summed E-state index contributed by atoms with van der Waals surface area (Å²) in [6.45, 7) is 0.179. The Labute approximate surface area is 176 Å². The molecular formula is C22H19F3N4O2. The van der Waals surface area contributed by atoms with Crippen LogP contribution in [0.1, 0.15) is 11.1 Å². The van der Waals surface area contributed by atoms with Crippen LogP contribution in [-0.2, 0) is 16.1 Å². The Morgan fingerprint density at radius 3 is 2.58 bits per heavy atom. The summed E-state index contributed by atoms with van der Waals surface area (Å²) in [5.74, 6) is -5.78. The first-order valence-electron chi connectivity index (χ1n) is 9.26. The average Bonchev–Trinajstić information content (AvgIpc) is 3.20. The van der Waals surface area contributed by atoms with Crippen LogP contribution in [0.4, 0.5) is 18.9 Å². The van der Waals surface area contributed by atoms with Gasteiger partial charge >= 0.3 is 0 Å². The topological polar surface area (TPSA) is 67.2 Å². The molecule has 0 atom stereocenters. The summed E-state index contributed by atoms with van der Waals surface area (Å²) in [7, 11) is 1.38. The highest BCUT2D eigenvalue weighted by atomic mass is 19.2. The Balaban J connectivity index is 1.54. The SMILES string of the molecule is CN(CC(=O)Nc1ccc(F)c(F)c1F)C(=O)C=Cc1cnn(Cc2ccccc2)c1. The number of rotatable bonds is 7. The number of nitrogens with one attached hydrogen (secondary N) is 1. The van der Waals surface area contributed by atoms with Gasteiger partial charge in [0.15, 0.2) is 17.5 Å². The molecule has 0 saturated carbocycles. The van der Waals surface area contributed by atoms with Crippen molar-refractivity contribution in [3.05, 3.63) is 89.5 Å². The molecule has 1 aromatic heterocycles. The van der Waals surface area contributed by atoms with E-state index in [4.69, 9.17) is 0 Å². The number of likely N-dealkylation sites (N-methyl/N-ethyl adjacent to an activating group) is 1. The Morgan fingerprint density at radius 2 is 1.84 bits per heavy atom. The highest BCUT2D eigenvalue weighted by Crippen LogP contribution is 2.19. The fourth-order valence-electron chi connectivity index (χ4n) is 2.72. The summed E-state index contributed by atoms with van der Waals surface area (Å²) >= 11 is 0. The minimum Gasteiger partial charge on any atom is -0.333 e. The van der Waals surface area contributed by atoms with E-state index in [1.807, 2.05) is 30.3 Å². The molecule has 0 unspecified atom stereocenters. The number of anilines is 1. The lowest BCUT2D eigenvalue weighted by Crippen LogP contribution is -2.34. The van der Waals surface area contributed by atoms with Crippen molar-refractivity contribution >= 4 is 23.6 Å². The van der Waals surface area contributed by atoms with E-state index in [0.29, 0.717) is 18.2 Å². The standard InChI is InChI=1S/C22H19F3N4O2/c1-28(14-19(30)27-18-9-8-17(23)21(24)22(18)25)20(31)10-7-16-11-26-29(13-16)12-15-5-3-2-4-6-15/h2-11,13H,12,14H2,1H3,(H,27,30). The molecule has 1 heterocycles. The van der Waals surface area contributed by atoms with E-state index in [9.17, 15) is 22.8 Å². The molecule has 160 valence electrons. The number of carbonyl (C=O) groups excluding carboxylic acids is 2. The number of aromatic nitrogens is 2. The van der Waals surface area contributed by atoms with Gasteiger partial charge in [-0.05, 0) is 23.8 Å². The van der Waals surface area contributed by atoms with Gasteiger partial charge in [0.1, 0.15) is 0 Å². The van der Waals surface area contributed by atoms with Crippen molar-refractivity contribution in [2.75, 3.05) is 18.9 Å². The maximum absolute atomic E-state index is 13.6. The average molecular weight is 428 g/mol. The maximum Gasteiger partial charge on any atom is 0.246 e. The minimum atomic E-state index is -1.68. The maximum atomic E-state index is 13.6. The number of nitrogens with zero attached hydrogens (tertiary/aromatic N) is 3. The molecule has 3 aromatic rings. The van der Waals surface area contributed by atoms with Crippen LogP contribution >= 0.6 is 0 Å². The molecule has 0 aliphatic rings. The lowest BCUT2D eigenvalue weighted by atomic mass is 10.2. The fraction of sp³-hybridized carbons (Fsp3) is 0.136. The van der Waals surface area contributed by atoms with Crippen molar-refractivity contribution < 1.29 is 22.8 Å². The number of amides is 2. The van der Waals surface area contributed by atoms with Crippen LogP contribution in [0.25, 0.3) is 6.08 Å². The largest absolute Gasteiger partial charge is 0.333 e. The van der Waals surface area contributed by atoms with E-state index < -0.39 is 41.5 Å². The number of hydrogen-bond donors (Lipinski definition) is 1. The molecule has 0 aliphatic carbocycles. The predicted octanol–water partition coefficient (Wildman–Crippen LogP) is 3.46. The van der Waals surface area contributed by atoms with Gasteiger partial charge in [-0.1, -0.05) is 30.3 Å². The first kappa shape index (κ1) is 21.8. The van der Waals surface area contributed by atoms with Gasteiger partial charge in [-0.15, -0.1) is 0 Å². The molecule has 0 saturated heterocycles. The zero-order valence-electron chi connectivity index (χ0n) is 16.6. The van der Waals surface area contributed by atoms with Crippen molar-refractivity contribution in [2.45, 2.75) is 6.54 Å². The molecule has 0 spiro atoms. The molecule has 6 nitrogen and oxygen atoms in total. The molecule has 1 N–H and O–H groups in total. The van der Waals surface area contributed by atoms with Gasteiger partial charge < -0.3 is 10.2 Å². The third kappa shape index (κ3) is 5.81. The van der Waals surface area contributed by atoms with E-state index in [1.165, 1.54) is 13.1 Å². The smallest absolute Gasteiger partial charge is 0.246 e. The van der Waals surface area contributed by atoms with Gasteiger partial charge in [0.2, 0.25) is 11.8 Å². The number of carbonyl (C=O) groups is 2. The van der Waals surface area contributed by atoms with Crippen LogP contribution in [0, 0.1) is 17.5 Å². The zero-order valence-corrected chi connectivity index (χ0v) is 16.6. The van der Waals surface area contributed by atoms with Gasteiger partial charge in [0.05, 0.1) is 25.0 Å². The first-order valence-corrected chi connectivity index (χ1v) is 9.26. The van der Waals surface area contributed by atoms with E-state index in [2.05, 4.69) is 10.4 Å². The Kier molecular flexibility index (Phi) is 6.86. The second-order valence-electron chi connectivity index (χ2n) is 6.76. The normalized spacial score (nSPS) is 11.0. The van der Waals surface area contributed by atoms with Gasteiger partial charge in [-0.25, -0.2) is 13.2 Å². The van der Waals surface area contributed by atoms with Crippen LogP contribution in [0.15, 0.2) is 60.9 Å². The summed E-state index contributed by atoms with van der Waals surface area (Å²) in [5.41, 5.74) is 1.28. The summed E-state index contributed by atoms with van der Waals surface area (Å²) in [6, 6.07) is 11.4. The van der Waals surface area contributed by atoms with E-state index >= 15 is 0 Å². The van der Waals surface area contributed by atoms with Gasteiger partial charge in [0, 0.05) is 24.9 Å².